The average Bonchev–Trinajstić information content (AvgIpc) is 2.45. The summed E-state index contributed by atoms with van der Waals surface area (Å²) in [5, 5.41) is 3.27. The van der Waals surface area contributed by atoms with E-state index in [2.05, 4.69) is 5.32 Å². The van der Waals surface area contributed by atoms with Crippen LogP contribution in [0.2, 0.25) is 0 Å². The zero-order chi connectivity index (χ0) is 10.4. The zero-order valence-corrected chi connectivity index (χ0v) is 9.08. The molecule has 1 unspecified atom stereocenters. The third-order valence-corrected chi connectivity index (χ3v) is 2.42. The first-order valence-corrected chi connectivity index (χ1v) is 5.36. The van der Waals surface area contributed by atoms with E-state index in [1.54, 1.807) is 0 Å². The lowest BCUT2D eigenvalue weighted by atomic mass is 10.3. The van der Waals surface area contributed by atoms with Gasteiger partial charge in [-0.3, -0.25) is 4.79 Å². The van der Waals surface area contributed by atoms with Crippen LogP contribution >= 0.6 is 0 Å². The first-order chi connectivity index (χ1) is 6.75. The van der Waals surface area contributed by atoms with Gasteiger partial charge in [0.1, 0.15) is 6.10 Å². The Bertz CT molecular complexity index is 177. The Morgan fingerprint density at radius 1 is 1.50 bits per heavy atom. The number of nitrogens with one attached hydrogen (secondary N) is 1. The van der Waals surface area contributed by atoms with Gasteiger partial charge in [-0.05, 0) is 26.8 Å². The van der Waals surface area contributed by atoms with Crippen molar-refractivity contribution in [3.63, 3.8) is 0 Å². The Hall–Kier alpha value is -0.610. The quantitative estimate of drug-likeness (QED) is 0.709. The SMILES string of the molecule is CCOC(C)C(=O)N1CCCNCC1. The second-order valence-corrected chi connectivity index (χ2v) is 3.53. The Labute approximate surface area is 85.6 Å². The molecule has 14 heavy (non-hydrogen) atoms. The van der Waals surface area contributed by atoms with Gasteiger partial charge in [0.15, 0.2) is 0 Å². The molecule has 0 bridgehead atoms. The minimum absolute atomic E-state index is 0.121. The Balaban J connectivity index is 2.40. The van der Waals surface area contributed by atoms with Gasteiger partial charge in [0, 0.05) is 26.2 Å². The molecule has 0 spiro atoms. The summed E-state index contributed by atoms with van der Waals surface area (Å²) < 4.78 is 5.29. The standard InChI is InChI=1S/C10H20N2O2/c1-3-14-9(2)10(13)12-7-4-5-11-6-8-12/h9,11H,3-8H2,1-2H3. The number of amides is 1. The third kappa shape index (κ3) is 3.27. The van der Waals surface area contributed by atoms with Gasteiger partial charge in [0.25, 0.3) is 5.91 Å². The first kappa shape index (κ1) is 11.5. The normalized spacial score (nSPS) is 20.3. The molecule has 1 rings (SSSR count). The maximum absolute atomic E-state index is 11.8. The molecule has 0 aliphatic carbocycles. The Kier molecular flexibility index (Phi) is 4.90. The lowest BCUT2D eigenvalue weighted by Gasteiger charge is -2.23. The van der Waals surface area contributed by atoms with Crippen LogP contribution in [0.25, 0.3) is 0 Å². The molecule has 1 saturated heterocycles. The summed E-state index contributed by atoms with van der Waals surface area (Å²) in [5.41, 5.74) is 0. The van der Waals surface area contributed by atoms with Crippen LogP contribution in [0.5, 0.6) is 0 Å². The number of rotatable bonds is 3. The van der Waals surface area contributed by atoms with Gasteiger partial charge in [0.05, 0.1) is 0 Å². The van der Waals surface area contributed by atoms with Crippen LogP contribution in [-0.4, -0.2) is 49.7 Å². The van der Waals surface area contributed by atoms with E-state index in [0.29, 0.717) is 6.61 Å². The molecular formula is C10H20N2O2. The maximum atomic E-state index is 11.8. The fourth-order valence-electron chi connectivity index (χ4n) is 1.64. The van der Waals surface area contributed by atoms with Crippen LogP contribution in [0.1, 0.15) is 20.3 Å². The predicted octanol–water partition coefficient (Wildman–Crippen LogP) is 0.233. The second kappa shape index (κ2) is 5.98. The fraction of sp³-hybridized carbons (Fsp3) is 0.900. The molecule has 1 N–H and O–H groups in total. The Morgan fingerprint density at radius 2 is 2.29 bits per heavy atom. The van der Waals surface area contributed by atoms with Gasteiger partial charge in [-0.25, -0.2) is 0 Å². The predicted molar refractivity (Wildman–Crippen MR) is 55.2 cm³/mol. The summed E-state index contributed by atoms with van der Waals surface area (Å²) in [5.74, 6) is 0.121. The van der Waals surface area contributed by atoms with Crippen molar-refractivity contribution in [3.8, 4) is 0 Å². The van der Waals surface area contributed by atoms with Crippen molar-refractivity contribution >= 4 is 5.91 Å². The van der Waals surface area contributed by atoms with Crippen LogP contribution < -0.4 is 5.32 Å². The van der Waals surface area contributed by atoms with E-state index < -0.39 is 0 Å². The van der Waals surface area contributed by atoms with E-state index >= 15 is 0 Å². The van der Waals surface area contributed by atoms with E-state index in [0.717, 1.165) is 32.6 Å². The molecule has 1 aliphatic heterocycles. The molecule has 4 heteroatoms. The van der Waals surface area contributed by atoms with Gasteiger partial charge in [-0.1, -0.05) is 0 Å². The van der Waals surface area contributed by atoms with E-state index in [-0.39, 0.29) is 12.0 Å². The molecule has 0 radical (unpaired) electrons. The summed E-state index contributed by atoms with van der Waals surface area (Å²) in [7, 11) is 0. The molecule has 0 saturated carbocycles. The molecule has 1 heterocycles. The average molecular weight is 200 g/mol. The minimum atomic E-state index is -0.293. The van der Waals surface area contributed by atoms with Crippen molar-refractivity contribution in [3.05, 3.63) is 0 Å². The van der Waals surface area contributed by atoms with Gasteiger partial charge < -0.3 is 15.0 Å². The van der Waals surface area contributed by atoms with Crippen molar-refractivity contribution in [2.45, 2.75) is 26.4 Å². The van der Waals surface area contributed by atoms with E-state index in [1.165, 1.54) is 0 Å². The first-order valence-electron chi connectivity index (χ1n) is 5.36. The van der Waals surface area contributed by atoms with Crippen LogP contribution in [0, 0.1) is 0 Å². The number of hydrogen-bond acceptors (Lipinski definition) is 3. The molecule has 1 aliphatic rings. The minimum Gasteiger partial charge on any atom is -0.369 e. The summed E-state index contributed by atoms with van der Waals surface area (Å²) >= 11 is 0. The highest BCUT2D eigenvalue weighted by Gasteiger charge is 2.20. The molecule has 4 nitrogen and oxygen atoms in total. The third-order valence-electron chi connectivity index (χ3n) is 2.42. The topological polar surface area (TPSA) is 41.6 Å². The highest BCUT2D eigenvalue weighted by Crippen LogP contribution is 2.02. The van der Waals surface area contributed by atoms with Gasteiger partial charge in [-0.15, -0.1) is 0 Å². The van der Waals surface area contributed by atoms with E-state index in [9.17, 15) is 4.79 Å². The summed E-state index contributed by atoms with van der Waals surface area (Å²) in [6.07, 6.45) is 0.739. The zero-order valence-electron chi connectivity index (χ0n) is 9.08. The van der Waals surface area contributed by atoms with Gasteiger partial charge >= 0.3 is 0 Å². The second-order valence-electron chi connectivity index (χ2n) is 3.53. The van der Waals surface area contributed by atoms with E-state index in [1.807, 2.05) is 18.7 Å². The number of hydrogen-bond donors (Lipinski definition) is 1. The largest absolute Gasteiger partial charge is 0.369 e. The molecule has 0 aromatic rings. The molecule has 1 fully saturated rings. The lowest BCUT2D eigenvalue weighted by molar-refractivity contribution is -0.142. The molecular weight excluding hydrogens is 180 g/mol. The molecule has 0 aromatic carbocycles. The van der Waals surface area contributed by atoms with Crippen LogP contribution in [0.4, 0.5) is 0 Å². The molecule has 82 valence electrons. The Morgan fingerprint density at radius 3 is 3.00 bits per heavy atom. The highest BCUT2D eigenvalue weighted by atomic mass is 16.5. The van der Waals surface area contributed by atoms with Gasteiger partial charge in [0.2, 0.25) is 0 Å². The monoisotopic (exact) mass is 200 g/mol. The summed E-state index contributed by atoms with van der Waals surface area (Å²) in [6.45, 7) is 7.88. The summed E-state index contributed by atoms with van der Waals surface area (Å²) in [4.78, 5) is 13.7. The van der Waals surface area contributed by atoms with Gasteiger partial charge in [-0.2, -0.15) is 0 Å². The van der Waals surface area contributed by atoms with Crippen LogP contribution in [0.3, 0.4) is 0 Å². The van der Waals surface area contributed by atoms with Crippen molar-refractivity contribution in [2.75, 3.05) is 32.8 Å². The van der Waals surface area contributed by atoms with Crippen molar-refractivity contribution in [2.24, 2.45) is 0 Å². The van der Waals surface area contributed by atoms with Crippen molar-refractivity contribution in [1.29, 1.82) is 0 Å². The maximum Gasteiger partial charge on any atom is 0.251 e. The van der Waals surface area contributed by atoms with Crippen LogP contribution in [0.15, 0.2) is 0 Å². The number of nitrogens with zero attached hydrogens (tertiary/aromatic N) is 1. The highest BCUT2D eigenvalue weighted by molar-refractivity contribution is 5.80. The molecule has 0 aromatic heterocycles. The van der Waals surface area contributed by atoms with Crippen LogP contribution in [-0.2, 0) is 9.53 Å². The lowest BCUT2D eigenvalue weighted by Crippen LogP contribution is -2.41. The number of ether oxygens (including phenoxy) is 1. The summed E-state index contributed by atoms with van der Waals surface area (Å²) in [6, 6.07) is 0. The molecule has 1 atom stereocenters. The van der Waals surface area contributed by atoms with Crippen molar-refractivity contribution < 1.29 is 9.53 Å². The fourth-order valence-corrected chi connectivity index (χ4v) is 1.64. The molecule has 1 amide bonds. The smallest absolute Gasteiger partial charge is 0.251 e. The van der Waals surface area contributed by atoms with Crippen molar-refractivity contribution in [1.82, 2.24) is 10.2 Å². The number of carbonyl (C=O) groups is 1. The number of carbonyl (C=O) groups excluding carboxylic acids is 1. The van der Waals surface area contributed by atoms with E-state index in [4.69, 9.17) is 4.74 Å².